The predicted molar refractivity (Wildman–Crippen MR) is 42.0 cm³/mol. The number of nitrogen functional groups attached to an aromatic ring is 1. The van der Waals surface area contributed by atoms with E-state index >= 15 is 0 Å². The standard InChI is InChI=1S/C6H6N2OS/c7-4-2-1-3-8-5(4)6(9)10/h1-3H,7H2,(H,9,10). The molecule has 0 saturated heterocycles. The first kappa shape index (κ1) is 7.08. The molecule has 52 valence electrons. The molecule has 10 heavy (non-hydrogen) atoms. The Bertz CT molecular complexity index is 262. The second-order valence-electron chi connectivity index (χ2n) is 1.75. The molecule has 0 aromatic carbocycles. The van der Waals surface area contributed by atoms with Crippen molar-refractivity contribution in [2.45, 2.75) is 0 Å². The quantitative estimate of drug-likeness (QED) is 0.586. The van der Waals surface area contributed by atoms with Crippen LogP contribution < -0.4 is 5.73 Å². The summed E-state index contributed by atoms with van der Waals surface area (Å²) in [6, 6.07) is 3.27. The molecule has 0 amide bonds. The van der Waals surface area contributed by atoms with E-state index in [0.717, 1.165) is 0 Å². The lowest BCUT2D eigenvalue weighted by Gasteiger charge is -1.95. The van der Waals surface area contributed by atoms with Crippen molar-refractivity contribution in [3.8, 4) is 0 Å². The molecule has 0 bridgehead atoms. The number of nitrogens with zero attached hydrogens (tertiary/aromatic N) is 1. The highest BCUT2D eigenvalue weighted by Gasteiger charge is 2.03. The van der Waals surface area contributed by atoms with Gasteiger partial charge < -0.3 is 5.73 Å². The van der Waals surface area contributed by atoms with Crippen LogP contribution >= 0.6 is 12.6 Å². The molecule has 2 N–H and O–H groups in total. The number of thiol groups is 1. The van der Waals surface area contributed by atoms with Crippen LogP contribution in [0.2, 0.25) is 0 Å². The van der Waals surface area contributed by atoms with Gasteiger partial charge in [-0.3, -0.25) is 4.79 Å². The first-order chi connectivity index (χ1) is 4.72. The second-order valence-corrected chi connectivity index (χ2v) is 2.15. The lowest BCUT2D eigenvalue weighted by atomic mass is 10.3. The molecule has 4 heteroatoms. The number of carbonyl (C=O) groups is 1. The zero-order valence-corrected chi connectivity index (χ0v) is 6.01. The van der Waals surface area contributed by atoms with Crippen LogP contribution in [-0.4, -0.2) is 10.1 Å². The molecular weight excluding hydrogens is 148 g/mol. The lowest BCUT2D eigenvalue weighted by molar-refractivity contribution is 0.108. The molecule has 1 aromatic heterocycles. The van der Waals surface area contributed by atoms with Gasteiger partial charge >= 0.3 is 0 Å². The van der Waals surface area contributed by atoms with E-state index in [9.17, 15) is 4.79 Å². The van der Waals surface area contributed by atoms with Crippen LogP contribution in [0.15, 0.2) is 18.3 Å². The van der Waals surface area contributed by atoms with Crippen LogP contribution in [0.1, 0.15) is 10.5 Å². The van der Waals surface area contributed by atoms with Crippen molar-refractivity contribution >= 4 is 23.4 Å². The summed E-state index contributed by atoms with van der Waals surface area (Å²) in [6.07, 6.45) is 1.50. The summed E-state index contributed by atoms with van der Waals surface area (Å²) in [5.41, 5.74) is 5.97. The Morgan fingerprint density at radius 1 is 1.70 bits per heavy atom. The van der Waals surface area contributed by atoms with Crippen LogP contribution in [0.4, 0.5) is 5.69 Å². The summed E-state index contributed by atoms with van der Waals surface area (Å²) >= 11 is 3.58. The third-order valence-corrected chi connectivity index (χ3v) is 1.25. The maximum Gasteiger partial charge on any atom is 0.236 e. The van der Waals surface area contributed by atoms with Gasteiger partial charge in [-0.1, -0.05) is 12.6 Å². The Balaban J connectivity index is 3.15. The summed E-state index contributed by atoms with van der Waals surface area (Å²) in [5.74, 6) is 0. The Hall–Kier alpha value is -1.03. The molecule has 1 rings (SSSR count). The van der Waals surface area contributed by atoms with Crippen molar-refractivity contribution in [1.82, 2.24) is 4.98 Å². The van der Waals surface area contributed by atoms with Gasteiger partial charge in [0.25, 0.3) is 0 Å². The Morgan fingerprint density at radius 3 is 2.80 bits per heavy atom. The molecule has 0 saturated carbocycles. The fourth-order valence-electron chi connectivity index (χ4n) is 0.596. The summed E-state index contributed by atoms with van der Waals surface area (Å²) in [4.78, 5) is 14.3. The van der Waals surface area contributed by atoms with E-state index in [0.29, 0.717) is 5.69 Å². The average Bonchev–Trinajstić information content (AvgIpc) is 1.88. The first-order valence-electron chi connectivity index (χ1n) is 2.65. The molecule has 0 unspecified atom stereocenters. The van der Waals surface area contributed by atoms with Gasteiger partial charge in [0.1, 0.15) is 5.69 Å². The Kier molecular flexibility index (Phi) is 1.91. The molecule has 0 aliphatic carbocycles. The van der Waals surface area contributed by atoms with Gasteiger partial charge in [0, 0.05) is 6.20 Å². The zero-order chi connectivity index (χ0) is 7.56. The minimum atomic E-state index is -0.405. The van der Waals surface area contributed by atoms with Gasteiger partial charge in [-0.25, -0.2) is 4.98 Å². The van der Waals surface area contributed by atoms with Crippen LogP contribution in [0.5, 0.6) is 0 Å². The number of rotatable bonds is 1. The number of aromatic nitrogens is 1. The summed E-state index contributed by atoms with van der Waals surface area (Å²) < 4.78 is 0. The van der Waals surface area contributed by atoms with Gasteiger partial charge in [0.2, 0.25) is 5.12 Å². The molecule has 0 spiro atoms. The van der Waals surface area contributed by atoms with Crippen molar-refractivity contribution in [2.75, 3.05) is 5.73 Å². The maximum absolute atomic E-state index is 10.6. The fraction of sp³-hybridized carbons (Fsp3) is 0. The predicted octanol–water partition coefficient (Wildman–Crippen LogP) is 0.734. The molecule has 0 radical (unpaired) electrons. The van der Waals surface area contributed by atoms with Crippen LogP contribution in [0, 0.1) is 0 Å². The second kappa shape index (κ2) is 2.70. The van der Waals surface area contributed by atoms with Gasteiger partial charge in [-0.2, -0.15) is 0 Å². The van der Waals surface area contributed by atoms with Crippen LogP contribution in [0.25, 0.3) is 0 Å². The number of pyridine rings is 1. The van der Waals surface area contributed by atoms with Crippen LogP contribution in [-0.2, 0) is 0 Å². The van der Waals surface area contributed by atoms with Gasteiger partial charge in [0.15, 0.2) is 0 Å². The Morgan fingerprint density at radius 2 is 2.40 bits per heavy atom. The minimum Gasteiger partial charge on any atom is -0.397 e. The van der Waals surface area contributed by atoms with E-state index < -0.39 is 5.12 Å². The van der Waals surface area contributed by atoms with E-state index in [4.69, 9.17) is 5.73 Å². The number of carbonyl (C=O) groups excluding carboxylic acids is 1. The molecule has 1 heterocycles. The molecule has 0 aliphatic rings. The Labute approximate surface area is 63.7 Å². The third kappa shape index (κ3) is 1.27. The third-order valence-electron chi connectivity index (χ3n) is 1.04. The van der Waals surface area contributed by atoms with Crippen LogP contribution in [0.3, 0.4) is 0 Å². The van der Waals surface area contributed by atoms with E-state index in [1.807, 2.05) is 0 Å². The summed E-state index contributed by atoms with van der Waals surface area (Å²) in [5, 5.41) is -0.405. The number of hydrogen-bond donors (Lipinski definition) is 2. The van der Waals surface area contributed by atoms with Gasteiger partial charge in [-0.05, 0) is 12.1 Å². The monoisotopic (exact) mass is 154 g/mol. The van der Waals surface area contributed by atoms with Gasteiger partial charge in [-0.15, -0.1) is 0 Å². The normalized spacial score (nSPS) is 9.30. The van der Waals surface area contributed by atoms with Crippen molar-refractivity contribution in [1.29, 1.82) is 0 Å². The SMILES string of the molecule is Nc1cccnc1C(=O)S. The van der Waals surface area contributed by atoms with Crippen molar-refractivity contribution in [2.24, 2.45) is 0 Å². The highest BCUT2D eigenvalue weighted by Crippen LogP contribution is 2.08. The number of anilines is 1. The average molecular weight is 154 g/mol. The summed E-state index contributed by atoms with van der Waals surface area (Å²) in [6.45, 7) is 0. The molecule has 0 fully saturated rings. The molecule has 0 aliphatic heterocycles. The van der Waals surface area contributed by atoms with Crippen molar-refractivity contribution in [3.63, 3.8) is 0 Å². The molecular formula is C6H6N2OS. The molecule has 1 aromatic rings. The highest BCUT2D eigenvalue weighted by molar-refractivity contribution is 7.97. The maximum atomic E-state index is 10.6. The van der Waals surface area contributed by atoms with E-state index in [1.54, 1.807) is 12.1 Å². The fourth-order valence-corrected chi connectivity index (χ4v) is 0.783. The van der Waals surface area contributed by atoms with E-state index in [-0.39, 0.29) is 5.69 Å². The molecule has 0 atom stereocenters. The minimum absolute atomic E-state index is 0.214. The largest absolute Gasteiger partial charge is 0.397 e. The van der Waals surface area contributed by atoms with Crippen molar-refractivity contribution < 1.29 is 4.79 Å². The first-order valence-corrected chi connectivity index (χ1v) is 3.10. The molecule has 3 nitrogen and oxygen atoms in total. The number of hydrogen-bond acceptors (Lipinski definition) is 3. The van der Waals surface area contributed by atoms with Gasteiger partial charge in [0.05, 0.1) is 5.69 Å². The smallest absolute Gasteiger partial charge is 0.236 e. The number of nitrogens with two attached hydrogens (primary N) is 1. The lowest BCUT2D eigenvalue weighted by Crippen LogP contribution is -1.99. The highest BCUT2D eigenvalue weighted by atomic mass is 32.1. The topological polar surface area (TPSA) is 56.0 Å². The van der Waals surface area contributed by atoms with E-state index in [2.05, 4.69) is 17.6 Å². The van der Waals surface area contributed by atoms with Crippen molar-refractivity contribution in [3.05, 3.63) is 24.0 Å². The zero-order valence-electron chi connectivity index (χ0n) is 5.11. The summed E-state index contributed by atoms with van der Waals surface area (Å²) in [7, 11) is 0. The van der Waals surface area contributed by atoms with E-state index in [1.165, 1.54) is 6.20 Å².